The first kappa shape index (κ1) is 13.7. The van der Waals surface area contributed by atoms with E-state index < -0.39 is 49.3 Å². The molecule has 16 heavy (non-hydrogen) atoms. The van der Waals surface area contributed by atoms with Crippen molar-refractivity contribution in [3.05, 3.63) is 0 Å². The van der Waals surface area contributed by atoms with Crippen molar-refractivity contribution in [1.29, 1.82) is 0 Å². The van der Waals surface area contributed by atoms with Crippen molar-refractivity contribution in [3.63, 3.8) is 0 Å². The van der Waals surface area contributed by atoms with Gasteiger partial charge < -0.3 is 0 Å². The third-order valence-corrected chi connectivity index (χ3v) is 4.70. The molecule has 0 radical (unpaired) electrons. The standard InChI is InChI=1S/C3H6FNO8S3/c4-15(8,9)5-16(10,11)13-3-1-12-14(6,7)2-3/h3,5H,1-2H2. The molecule has 0 spiro atoms. The monoisotopic (exact) mass is 299 g/mol. The maximum atomic E-state index is 12.0. The number of rotatable bonds is 4. The van der Waals surface area contributed by atoms with E-state index in [0.717, 1.165) is 0 Å². The second-order valence-corrected chi connectivity index (χ2v) is 7.03. The van der Waals surface area contributed by atoms with Crippen LogP contribution in [0.5, 0.6) is 0 Å². The van der Waals surface area contributed by atoms with Crippen LogP contribution in [0.1, 0.15) is 0 Å². The summed E-state index contributed by atoms with van der Waals surface area (Å²) in [6, 6.07) is 0. The summed E-state index contributed by atoms with van der Waals surface area (Å²) in [5.74, 6) is -0.764. The quantitative estimate of drug-likeness (QED) is 0.456. The van der Waals surface area contributed by atoms with Crippen LogP contribution in [0.25, 0.3) is 0 Å². The summed E-state index contributed by atoms with van der Waals surface area (Å²) >= 11 is 0. The Morgan fingerprint density at radius 1 is 1.31 bits per heavy atom. The highest BCUT2D eigenvalue weighted by Crippen LogP contribution is 2.13. The van der Waals surface area contributed by atoms with Crippen LogP contribution in [0.4, 0.5) is 3.89 Å². The minimum absolute atomic E-state index is 0.555. The molecular weight excluding hydrogens is 293 g/mol. The molecule has 1 atom stereocenters. The molecule has 1 unspecified atom stereocenters. The molecule has 1 aliphatic heterocycles. The van der Waals surface area contributed by atoms with E-state index in [1.807, 2.05) is 0 Å². The van der Waals surface area contributed by atoms with Crippen molar-refractivity contribution >= 4 is 30.8 Å². The molecule has 0 saturated carbocycles. The second kappa shape index (κ2) is 4.15. The maximum absolute atomic E-state index is 12.0. The molecular formula is C3H6FNO8S3. The zero-order chi connectivity index (χ0) is 12.6. The Bertz CT molecular complexity index is 560. The van der Waals surface area contributed by atoms with Gasteiger partial charge in [-0.05, 0) is 0 Å². The molecule has 0 aromatic rings. The molecule has 13 heteroatoms. The molecule has 0 aromatic carbocycles. The Labute approximate surface area is 91.3 Å². The molecule has 1 rings (SSSR count). The first-order valence-corrected chi connectivity index (χ1v) is 7.89. The third-order valence-electron chi connectivity index (χ3n) is 1.29. The number of hydrogen-bond acceptors (Lipinski definition) is 8. The fraction of sp³-hybridized carbons (Fsp3) is 1.00. The fourth-order valence-electron chi connectivity index (χ4n) is 0.880. The predicted octanol–water partition coefficient (Wildman–Crippen LogP) is -2.22. The van der Waals surface area contributed by atoms with Crippen LogP contribution in [0.3, 0.4) is 0 Å². The Balaban J connectivity index is 2.69. The van der Waals surface area contributed by atoms with E-state index in [2.05, 4.69) is 8.37 Å². The highest BCUT2D eigenvalue weighted by molar-refractivity contribution is 8.00. The number of nitrogens with one attached hydrogen (secondary N) is 1. The van der Waals surface area contributed by atoms with Gasteiger partial charge >= 0.3 is 20.7 Å². The lowest BCUT2D eigenvalue weighted by Gasteiger charge is -2.07. The van der Waals surface area contributed by atoms with Gasteiger partial charge in [0.2, 0.25) is 0 Å². The summed E-state index contributed by atoms with van der Waals surface area (Å²) in [6.07, 6.45) is -1.41. The van der Waals surface area contributed by atoms with E-state index in [1.54, 1.807) is 0 Å². The van der Waals surface area contributed by atoms with Gasteiger partial charge in [0.15, 0.2) is 0 Å². The smallest absolute Gasteiger partial charge is 0.267 e. The van der Waals surface area contributed by atoms with E-state index in [-0.39, 0.29) is 0 Å². The van der Waals surface area contributed by atoms with E-state index in [0.29, 0.717) is 4.13 Å². The number of halogens is 1. The van der Waals surface area contributed by atoms with Gasteiger partial charge in [-0.2, -0.15) is 25.3 Å². The molecule has 1 N–H and O–H groups in total. The molecule has 0 aromatic heterocycles. The Morgan fingerprint density at radius 3 is 2.25 bits per heavy atom. The fourth-order valence-corrected chi connectivity index (χ4v) is 3.66. The van der Waals surface area contributed by atoms with Gasteiger partial charge in [-0.1, -0.05) is 8.01 Å². The lowest BCUT2D eigenvalue weighted by Crippen LogP contribution is -2.33. The van der Waals surface area contributed by atoms with Crippen LogP contribution in [-0.2, 0) is 39.2 Å². The second-order valence-electron chi connectivity index (χ2n) is 2.70. The highest BCUT2D eigenvalue weighted by Gasteiger charge is 2.34. The topological polar surface area (TPSA) is 133 Å². The molecule has 1 aliphatic rings. The van der Waals surface area contributed by atoms with E-state index in [9.17, 15) is 29.1 Å². The van der Waals surface area contributed by atoms with Crippen LogP contribution >= 0.6 is 0 Å². The van der Waals surface area contributed by atoms with Crippen molar-refractivity contribution in [2.45, 2.75) is 6.10 Å². The molecule has 9 nitrogen and oxygen atoms in total. The van der Waals surface area contributed by atoms with Gasteiger partial charge in [0, 0.05) is 0 Å². The maximum Gasteiger partial charge on any atom is 0.387 e. The van der Waals surface area contributed by atoms with Crippen LogP contribution in [0.2, 0.25) is 0 Å². The summed E-state index contributed by atoms with van der Waals surface area (Å²) < 4.78 is 83.7. The zero-order valence-corrected chi connectivity index (χ0v) is 9.81. The Hall–Kier alpha value is -0.340. The van der Waals surface area contributed by atoms with Gasteiger partial charge in [-0.15, -0.1) is 0 Å². The van der Waals surface area contributed by atoms with Crippen LogP contribution in [-0.4, -0.2) is 43.7 Å². The van der Waals surface area contributed by atoms with Gasteiger partial charge in [-0.25, -0.2) is 0 Å². The summed E-state index contributed by atoms with van der Waals surface area (Å²) in [4.78, 5) is 0. The van der Waals surface area contributed by atoms with Crippen molar-refractivity contribution in [3.8, 4) is 0 Å². The number of hydrogen-bond donors (Lipinski definition) is 1. The Morgan fingerprint density at radius 2 is 1.88 bits per heavy atom. The molecule has 96 valence electrons. The van der Waals surface area contributed by atoms with Crippen molar-refractivity contribution in [1.82, 2.24) is 4.13 Å². The van der Waals surface area contributed by atoms with Crippen molar-refractivity contribution in [2.24, 2.45) is 0 Å². The van der Waals surface area contributed by atoms with Crippen molar-refractivity contribution in [2.75, 3.05) is 12.4 Å². The van der Waals surface area contributed by atoms with Gasteiger partial charge in [0.1, 0.15) is 11.9 Å². The molecule has 1 fully saturated rings. The van der Waals surface area contributed by atoms with Crippen molar-refractivity contribution < 1.29 is 37.5 Å². The molecule has 0 amide bonds. The van der Waals surface area contributed by atoms with Gasteiger partial charge in [0.05, 0.1) is 6.61 Å². The summed E-state index contributed by atoms with van der Waals surface area (Å²) in [5.41, 5.74) is 0. The summed E-state index contributed by atoms with van der Waals surface area (Å²) in [5, 5.41) is 0. The van der Waals surface area contributed by atoms with Gasteiger partial charge in [0.25, 0.3) is 10.1 Å². The minimum Gasteiger partial charge on any atom is -0.267 e. The average Bonchev–Trinajstić information content (AvgIpc) is 2.22. The zero-order valence-electron chi connectivity index (χ0n) is 7.36. The molecule has 0 bridgehead atoms. The molecule has 1 heterocycles. The highest BCUT2D eigenvalue weighted by atomic mass is 32.3. The lowest BCUT2D eigenvalue weighted by molar-refractivity contribution is 0.184. The first-order chi connectivity index (χ1) is 6.99. The Kier molecular flexibility index (Phi) is 3.56. The molecule has 1 saturated heterocycles. The van der Waals surface area contributed by atoms with Gasteiger partial charge in [-0.3, -0.25) is 8.37 Å². The lowest BCUT2D eigenvalue weighted by atomic mass is 10.5. The summed E-state index contributed by atoms with van der Waals surface area (Å²) in [7, 11) is -14.3. The van der Waals surface area contributed by atoms with Crippen LogP contribution in [0, 0.1) is 0 Å². The largest absolute Gasteiger partial charge is 0.387 e. The first-order valence-electron chi connectivity index (χ1n) is 3.53. The minimum atomic E-state index is -5.51. The normalized spacial score (nSPS) is 25.7. The predicted molar refractivity (Wildman–Crippen MR) is 46.7 cm³/mol. The van der Waals surface area contributed by atoms with Crippen LogP contribution in [0.15, 0.2) is 0 Å². The molecule has 0 aliphatic carbocycles. The van der Waals surface area contributed by atoms with E-state index in [4.69, 9.17) is 0 Å². The van der Waals surface area contributed by atoms with E-state index in [1.165, 1.54) is 0 Å². The SMILES string of the molecule is O=S(=O)(F)NS(=O)(=O)OC1COS(=O)(=O)C1. The average molecular weight is 299 g/mol. The summed E-state index contributed by atoms with van der Waals surface area (Å²) in [6.45, 7) is -0.588. The van der Waals surface area contributed by atoms with Crippen LogP contribution < -0.4 is 4.13 Å². The third kappa shape index (κ3) is 4.67. The van der Waals surface area contributed by atoms with E-state index >= 15 is 0 Å².